The second-order valence-corrected chi connectivity index (χ2v) is 9.05. The van der Waals surface area contributed by atoms with Crippen LogP contribution >= 0.6 is 0 Å². The maximum atomic E-state index is 13.0. The molecule has 1 aliphatic heterocycles. The van der Waals surface area contributed by atoms with Crippen LogP contribution in [0.5, 0.6) is 11.5 Å². The van der Waals surface area contributed by atoms with E-state index in [2.05, 4.69) is 0 Å². The smallest absolute Gasteiger partial charge is 0.342 e. The Kier molecular flexibility index (Phi) is 9.66. The normalized spacial score (nSPS) is 25.6. The van der Waals surface area contributed by atoms with Gasteiger partial charge in [-0.2, -0.15) is 0 Å². The molecule has 0 radical (unpaired) electrons. The zero-order valence-electron chi connectivity index (χ0n) is 20.8. The predicted molar refractivity (Wildman–Crippen MR) is 129 cm³/mol. The number of benzene rings is 2. The second-order valence-electron chi connectivity index (χ2n) is 9.05. The maximum absolute atomic E-state index is 13.0. The lowest BCUT2D eigenvalue weighted by atomic mass is 9.89. The molecule has 0 bridgehead atoms. The van der Waals surface area contributed by atoms with E-state index >= 15 is 0 Å². The third-order valence-corrected chi connectivity index (χ3v) is 6.17. The summed E-state index contributed by atoms with van der Waals surface area (Å²) in [5.41, 5.74) is -1.21. The summed E-state index contributed by atoms with van der Waals surface area (Å²) in [6, 6.07) is 11.9. The van der Waals surface area contributed by atoms with Crippen LogP contribution in [0.15, 0.2) is 48.5 Å². The minimum Gasteiger partial charge on any atom is -0.508 e. The Hall–Kier alpha value is -3.26. The lowest BCUT2D eigenvalue weighted by Gasteiger charge is -2.39. The monoisotopic (exact) mass is 536 g/mol. The summed E-state index contributed by atoms with van der Waals surface area (Å²) in [5.74, 6) is -1.49. The van der Waals surface area contributed by atoms with Gasteiger partial charge >= 0.3 is 11.9 Å². The van der Waals surface area contributed by atoms with Crippen LogP contribution in [-0.2, 0) is 36.8 Å². The summed E-state index contributed by atoms with van der Waals surface area (Å²) in [6.45, 7) is 1.68. The first-order valence-corrected chi connectivity index (χ1v) is 11.9. The molecule has 1 fully saturated rings. The Bertz CT molecular complexity index is 1070. The van der Waals surface area contributed by atoms with Crippen LogP contribution in [0.4, 0.5) is 0 Å². The molecule has 38 heavy (non-hydrogen) atoms. The van der Waals surface area contributed by atoms with Gasteiger partial charge in [-0.3, -0.25) is 4.79 Å². The molecule has 0 unspecified atom stereocenters. The van der Waals surface area contributed by atoms with Gasteiger partial charge in [0.1, 0.15) is 48.6 Å². The fourth-order valence-electron chi connectivity index (χ4n) is 3.89. The van der Waals surface area contributed by atoms with Crippen molar-refractivity contribution in [3.8, 4) is 11.5 Å². The SMILES string of the molecule is CC(=O)O[C@@H](C)[C@@](O)(Cc1ccc(O)cc1)C(=O)OCc1ccc(O[C@@H]2O[C@@H](CO)[C@@H](O)[C@@H](O)[C@H]2O)cc1. The lowest BCUT2D eigenvalue weighted by Crippen LogP contribution is -2.60. The molecule has 0 amide bonds. The Morgan fingerprint density at radius 1 is 0.974 bits per heavy atom. The summed E-state index contributed by atoms with van der Waals surface area (Å²) in [6.07, 6.45) is -8.62. The number of phenols is 1. The molecular weight excluding hydrogens is 504 g/mol. The average Bonchev–Trinajstić information content (AvgIpc) is 2.89. The Morgan fingerprint density at radius 2 is 1.58 bits per heavy atom. The third kappa shape index (κ3) is 6.98. The summed E-state index contributed by atoms with van der Waals surface area (Å²) in [5, 5.41) is 59.9. The number of phenolic OH excluding ortho intramolecular Hbond substituents is 1. The largest absolute Gasteiger partial charge is 0.508 e. The lowest BCUT2D eigenvalue weighted by molar-refractivity contribution is -0.277. The second kappa shape index (κ2) is 12.5. The van der Waals surface area contributed by atoms with Crippen LogP contribution in [0.2, 0.25) is 0 Å². The summed E-state index contributed by atoms with van der Waals surface area (Å²) < 4.78 is 21.2. The van der Waals surface area contributed by atoms with Crippen molar-refractivity contribution < 1.29 is 59.2 Å². The molecule has 6 N–H and O–H groups in total. The number of aromatic hydroxyl groups is 1. The van der Waals surface area contributed by atoms with E-state index < -0.39 is 61.0 Å². The number of hydrogen-bond donors (Lipinski definition) is 6. The van der Waals surface area contributed by atoms with Gasteiger partial charge in [0.05, 0.1) is 6.61 Å². The highest BCUT2D eigenvalue weighted by Gasteiger charge is 2.46. The number of ether oxygens (including phenoxy) is 4. The highest BCUT2D eigenvalue weighted by Crippen LogP contribution is 2.26. The zero-order valence-corrected chi connectivity index (χ0v) is 20.8. The van der Waals surface area contributed by atoms with Crippen LogP contribution in [0, 0.1) is 0 Å². The molecule has 7 atom stereocenters. The number of esters is 2. The van der Waals surface area contributed by atoms with Gasteiger partial charge in [-0.15, -0.1) is 0 Å². The van der Waals surface area contributed by atoms with Crippen molar-refractivity contribution in [1.82, 2.24) is 0 Å². The van der Waals surface area contributed by atoms with Gasteiger partial charge in [-0.25, -0.2) is 4.79 Å². The fourth-order valence-corrected chi connectivity index (χ4v) is 3.89. The van der Waals surface area contributed by atoms with Gasteiger partial charge in [-0.05, 0) is 42.3 Å². The highest BCUT2D eigenvalue weighted by molar-refractivity contribution is 5.81. The van der Waals surface area contributed by atoms with Crippen molar-refractivity contribution >= 4 is 11.9 Å². The van der Waals surface area contributed by atoms with Gasteiger partial charge in [0, 0.05) is 13.3 Å². The van der Waals surface area contributed by atoms with Crippen molar-refractivity contribution in [3.63, 3.8) is 0 Å². The van der Waals surface area contributed by atoms with E-state index in [0.717, 1.165) is 6.92 Å². The summed E-state index contributed by atoms with van der Waals surface area (Å²) >= 11 is 0. The molecule has 1 saturated heterocycles. The van der Waals surface area contributed by atoms with E-state index in [9.17, 15) is 40.2 Å². The third-order valence-electron chi connectivity index (χ3n) is 6.17. The van der Waals surface area contributed by atoms with Crippen molar-refractivity contribution in [1.29, 1.82) is 0 Å². The van der Waals surface area contributed by atoms with Gasteiger partial charge in [0.15, 0.2) is 0 Å². The van der Waals surface area contributed by atoms with Gasteiger partial charge < -0.3 is 49.6 Å². The number of carbonyl (C=O) groups excluding carboxylic acids is 2. The molecule has 1 heterocycles. The first-order valence-electron chi connectivity index (χ1n) is 11.9. The van der Waals surface area contributed by atoms with Crippen molar-refractivity contribution in [3.05, 3.63) is 59.7 Å². The zero-order chi connectivity index (χ0) is 28.0. The van der Waals surface area contributed by atoms with Crippen molar-refractivity contribution in [2.24, 2.45) is 0 Å². The maximum Gasteiger partial charge on any atom is 0.342 e. The summed E-state index contributed by atoms with van der Waals surface area (Å²) in [4.78, 5) is 24.4. The van der Waals surface area contributed by atoms with Crippen molar-refractivity contribution in [2.45, 2.75) is 69.3 Å². The van der Waals surface area contributed by atoms with Crippen molar-refractivity contribution in [2.75, 3.05) is 6.61 Å². The first kappa shape index (κ1) is 29.3. The average molecular weight is 537 g/mol. The number of rotatable bonds is 10. The molecule has 3 rings (SSSR count). The van der Waals surface area contributed by atoms with Gasteiger partial charge in [-0.1, -0.05) is 24.3 Å². The molecule has 0 aliphatic carbocycles. The number of carbonyl (C=O) groups is 2. The molecule has 1 aliphatic rings. The minimum absolute atomic E-state index is 0.00636. The molecule has 12 nitrogen and oxygen atoms in total. The molecule has 12 heteroatoms. The molecule has 0 aromatic heterocycles. The fraction of sp³-hybridized carbons (Fsp3) is 0.462. The molecular formula is C26H32O12. The van der Waals surface area contributed by atoms with E-state index in [1.807, 2.05) is 0 Å². The van der Waals surface area contributed by atoms with Gasteiger partial charge in [0.25, 0.3) is 0 Å². The van der Waals surface area contributed by atoms with Gasteiger partial charge in [0.2, 0.25) is 11.9 Å². The standard InChI is InChI=1S/C26H32O12/c1-14(36-15(2)28)26(34,11-16-3-7-18(29)8-4-16)25(33)35-13-17-5-9-19(10-6-17)37-24-23(32)22(31)21(30)20(12-27)38-24/h3-10,14,20-24,27,29-32,34H,11-13H2,1-2H3/t14-,20-,21+,22+,23+,24+,26-/m0/s1. The number of hydrogen-bond acceptors (Lipinski definition) is 12. The van der Waals surface area contributed by atoms with E-state index in [-0.39, 0.29) is 24.5 Å². The van der Waals surface area contributed by atoms with E-state index in [1.54, 1.807) is 12.1 Å². The Morgan fingerprint density at radius 3 is 2.16 bits per heavy atom. The topological polar surface area (TPSA) is 192 Å². The molecule has 0 spiro atoms. The summed E-state index contributed by atoms with van der Waals surface area (Å²) in [7, 11) is 0. The van der Waals surface area contributed by atoms with E-state index in [4.69, 9.17) is 18.9 Å². The number of aliphatic hydroxyl groups is 5. The van der Waals surface area contributed by atoms with Crippen LogP contribution in [-0.4, -0.2) is 91.6 Å². The Balaban J connectivity index is 1.65. The highest BCUT2D eigenvalue weighted by atomic mass is 16.7. The number of aliphatic hydroxyl groups excluding tert-OH is 4. The minimum atomic E-state index is -2.21. The quantitative estimate of drug-likeness (QED) is 0.214. The molecule has 2 aromatic carbocycles. The molecule has 0 saturated carbocycles. The van der Waals surface area contributed by atoms with Crippen LogP contribution < -0.4 is 4.74 Å². The molecule has 2 aromatic rings. The first-order chi connectivity index (χ1) is 17.9. The van der Waals surface area contributed by atoms with E-state index in [1.165, 1.54) is 43.3 Å². The molecule has 208 valence electrons. The Labute approximate surface area is 218 Å². The van der Waals surface area contributed by atoms with Crippen LogP contribution in [0.1, 0.15) is 25.0 Å². The van der Waals surface area contributed by atoms with Crippen LogP contribution in [0.25, 0.3) is 0 Å². The predicted octanol–water partition coefficient (Wildman–Crippen LogP) is -0.460. The van der Waals surface area contributed by atoms with E-state index in [0.29, 0.717) is 11.1 Å². The van der Waals surface area contributed by atoms with Crippen LogP contribution in [0.3, 0.4) is 0 Å².